The maximum Gasteiger partial charge on any atom is 0.291 e. The minimum absolute atomic E-state index is 0.299. The Bertz CT molecular complexity index is 892. The predicted molar refractivity (Wildman–Crippen MR) is 104 cm³/mol. The zero-order valence-corrected chi connectivity index (χ0v) is 15.4. The first-order valence-electron chi connectivity index (χ1n) is 8.32. The number of rotatable bonds is 5. The van der Waals surface area contributed by atoms with Gasteiger partial charge in [-0.15, -0.1) is 0 Å². The van der Waals surface area contributed by atoms with Gasteiger partial charge in [0.25, 0.3) is 5.91 Å². The van der Waals surface area contributed by atoms with Crippen molar-refractivity contribution >= 4 is 23.2 Å². The average Bonchev–Trinajstić information content (AvgIpc) is 2.97. The van der Waals surface area contributed by atoms with Crippen molar-refractivity contribution in [3.05, 3.63) is 88.2 Å². The molecule has 0 saturated carbocycles. The Labute approximate surface area is 157 Å². The summed E-state index contributed by atoms with van der Waals surface area (Å²) in [6.45, 7) is 1.94. The van der Waals surface area contributed by atoms with Crippen molar-refractivity contribution in [2.24, 2.45) is 12.1 Å². The van der Waals surface area contributed by atoms with E-state index in [0.717, 1.165) is 11.1 Å². The number of carbonyl (C=O) groups excluding carboxylic acids is 1. The Morgan fingerprint density at radius 1 is 1.08 bits per heavy atom. The van der Waals surface area contributed by atoms with Crippen LogP contribution in [-0.4, -0.2) is 21.4 Å². The van der Waals surface area contributed by atoms with E-state index >= 15 is 0 Å². The second-order valence-electron chi connectivity index (χ2n) is 5.72. The highest BCUT2D eigenvalue weighted by molar-refractivity contribution is 6.34. The summed E-state index contributed by atoms with van der Waals surface area (Å²) in [5.41, 5.74) is 6.10. The molecular formula is C20H19ClN4O. The summed E-state index contributed by atoms with van der Waals surface area (Å²) in [4.78, 5) is 12.6. The predicted octanol–water partition coefficient (Wildman–Crippen LogP) is 3.82. The molecule has 0 spiro atoms. The van der Waals surface area contributed by atoms with Crippen molar-refractivity contribution in [2.45, 2.75) is 13.3 Å². The van der Waals surface area contributed by atoms with Crippen LogP contribution in [0.5, 0.6) is 0 Å². The van der Waals surface area contributed by atoms with Gasteiger partial charge in [-0.3, -0.25) is 9.48 Å². The van der Waals surface area contributed by atoms with Crippen molar-refractivity contribution in [3.63, 3.8) is 0 Å². The molecule has 0 saturated heterocycles. The molecule has 1 heterocycles. The molecule has 0 aliphatic carbocycles. The number of amides is 1. The molecular weight excluding hydrogens is 348 g/mol. The molecule has 0 bridgehead atoms. The van der Waals surface area contributed by atoms with Gasteiger partial charge in [-0.25, -0.2) is 5.43 Å². The maximum atomic E-state index is 12.6. The average molecular weight is 367 g/mol. The van der Waals surface area contributed by atoms with E-state index in [1.165, 1.54) is 4.68 Å². The minimum atomic E-state index is -0.394. The van der Waals surface area contributed by atoms with Crippen molar-refractivity contribution in [3.8, 4) is 0 Å². The van der Waals surface area contributed by atoms with Gasteiger partial charge in [0.2, 0.25) is 0 Å². The van der Waals surface area contributed by atoms with E-state index in [9.17, 15) is 4.79 Å². The van der Waals surface area contributed by atoms with Gasteiger partial charge in [-0.05, 0) is 6.42 Å². The van der Waals surface area contributed by atoms with Crippen molar-refractivity contribution in [2.75, 3.05) is 0 Å². The first-order chi connectivity index (χ1) is 12.6. The van der Waals surface area contributed by atoms with Crippen molar-refractivity contribution < 1.29 is 4.79 Å². The third-order valence-electron chi connectivity index (χ3n) is 3.97. The van der Waals surface area contributed by atoms with E-state index in [4.69, 9.17) is 11.6 Å². The third-order valence-corrected chi connectivity index (χ3v) is 4.37. The fourth-order valence-corrected chi connectivity index (χ4v) is 3.05. The van der Waals surface area contributed by atoms with Crippen LogP contribution in [-0.2, 0) is 13.5 Å². The van der Waals surface area contributed by atoms with Gasteiger partial charge in [0, 0.05) is 18.2 Å². The van der Waals surface area contributed by atoms with Crippen LogP contribution in [0.2, 0.25) is 5.02 Å². The standard InChI is InChI=1S/C20H19ClN4O/c1-3-16-17(21)19(25(2)24-16)20(26)23-22-18(14-10-6-4-7-11-14)15-12-8-5-9-13-15/h4-13H,3H2,1-2H3,(H,23,26). The molecule has 0 radical (unpaired) electrons. The minimum Gasteiger partial charge on any atom is -0.266 e. The highest BCUT2D eigenvalue weighted by Crippen LogP contribution is 2.20. The first-order valence-corrected chi connectivity index (χ1v) is 8.69. The quantitative estimate of drug-likeness (QED) is 0.551. The van der Waals surface area contributed by atoms with E-state index in [0.29, 0.717) is 28.5 Å². The van der Waals surface area contributed by atoms with Crippen LogP contribution in [0.4, 0.5) is 0 Å². The molecule has 1 N–H and O–H groups in total. The SMILES string of the molecule is CCc1nn(C)c(C(=O)NN=C(c2ccccc2)c2ccccc2)c1Cl. The Hall–Kier alpha value is -2.92. The van der Waals surface area contributed by atoms with Gasteiger partial charge in [0.15, 0.2) is 0 Å². The molecule has 6 heteroatoms. The Kier molecular flexibility index (Phi) is 5.49. The molecule has 0 fully saturated rings. The van der Waals surface area contributed by atoms with Crippen molar-refractivity contribution in [1.82, 2.24) is 15.2 Å². The van der Waals surface area contributed by atoms with Crippen LogP contribution in [0.25, 0.3) is 0 Å². The highest BCUT2D eigenvalue weighted by atomic mass is 35.5. The second kappa shape index (κ2) is 7.97. The van der Waals surface area contributed by atoms with Crippen LogP contribution >= 0.6 is 11.6 Å². The van der Waals surface area contributed by atoms with Crippen LogP contribution < -0.4 is 5.43 Å². The topological polar surface area (TPSA) is 59.3 Å². The maximum absolute atomic E-state index is 12.6. The molecule has 3 rings (SSSR count). The molecule has 5 nitrogen and oxygen atoms in total. The summed E-state index contributed by atoms with van der Waals surface area (Å²) in [6, 6.07) is 19.4. The number of hydrogen-bond acceptors (Lipinski definition) is 3. The van der Waals surface area contributed by atoms with Crippen LogP contribution in [0.15, 0.2) is 65.8 Å². The smallest absolute Gasteiger partial charge is 0.266 e. The molecule has 1 amide bonds. The number of nitrogens with zero attached hydrogens (tertiary/aromatic N) is 3. The third kappa shape index (κ3) is 3.68. The molecule has 3 aromatic rings. The highest BCUT2D eigenvalue weighted by Gasteiger charge is 2.20. The number of aryl methyl sites for hydroxylation is 2. The molecule has 26 heavy (non-hydrogen) atoms. The Balaban J connectivity index is 1.95. The van der Waals surface area contributed by atoms with E-state index in [2.05, 4.69) is 15.6 Å². The van der Waals surface area contributed by atoms with Crippen LogP contribution in [0.3, 0.4) is 0 Å². The normalized spacial score (nSPS) is 10.4. The first kappa shape index (κ1) is 17.9. The number of hydrazone groups is 1. The number of nitrogens with one attached hydrogen (secondary N) is 1. The molecule has 0 aliphatic rings. The van der Waals surface area contributed by atoms with Gasteiger partial charge in [-0.1, -0.05) is 79.2 Å². The summed E-state index contributed by atoms with van der Waals surface area (Å²) >= 11 is 6.28. The van der Waals surface area contributed by atoms with E-state index < -0.39 is 5.91 Å². The summed E-state index contributed by atoms with van der Waals surface area (Å²) < 4.78 is 1.48. The number of aromatic nitrogens is 2. The largest absolute Gasteiger partial charge is 0.291 e. The van der Waals surface area contributed by atoms with E-state index in [1.54, 1.807) is 7.05 Å². The Morgan fingerprint density at radius 2 is 1.62 bits per heavy atom. The second-order valence-corrected chi connectivity index (χ2v) is 6.10. The molecule has 1 aromatic heterocycles. The number of halogens is 1. The number of benzene rings is 2. The van der Waals surface area contributed by atoms with E-state index in [-0.39, 0.29) is 0 Å². The fraction of sp³-hybridized carbons (Fsp3) is 0.150. The lowest BCUT2D eigenvalue weighted by Crippen LogP contribution is -2.23. The molecule has 0 aliphatic heterocycles. The van der Waals surface area contributed by atoms with Gasteiger partial charge < -0.3 is 0 Å². The molecule has 0 atom stereocenters. The van der Waals surface area contributed by atoms with Gasteiger partial charge in [0.05, 0.1) is 16.4 Å². The summed E-state index contributed by atoms with van der Waals surface area (Å²) in [7, 11) is 1.69. The van der Waals surface area contributed by atoms with Crippen molar-refractivity contribution in [1.29, 1.82) is 0 Å². The van der Waals surface area contributed by atoms with Gasteiger partial charge in [-0.2, -0.15) is 10.2 Å². The van der Waals surface area contributed by atoms with E-state index in [1.807, 2.05) is 67.6 Å². The summed E-state index contributed by atoms with van der Waals surface area (Å²) in [5, 5.41) is 9.01. The molecule has 2 aromatic carbocycles. The lowest BCUT2D eigenvalue weighted by atomic mass is 10.0. The number of carbonyl (C=O) groups is 1. The molecule has 132 valence electrons. The Morgan fingerprint density at radius 3 is 2.08 bits per heavy atom. The van der Waals surface area contributed by atoms with Gasteiger partial charge >= 0.3 is 0 Å². The van der Waals surface area contributed by atoms with Crippen LogP contribution in [0, 0.1) is 0 Å². The zero-order chi connectivity index (χ0) is 18.5. The van der Waals surface area contributed by atoms with Crippen LogP contribution in [0.1, 0.15) is 34.2 Å². The summed E-state index contributed by atoms with van der Waals surface area (Å²) in [6.07, 6.45) is 0.655. The lowest BCUT2D eigenvalue weighted by molar-refractivity contribution is 0.0945. The summed E-state index contributed by atoms with van der Waals surface area (Å²) in [5.74, 6) is -0.394. The van der Waals surface area contributed by atoms with Gasteiger partial charge in [0.1, 0.15) is 5.69 Å². The molecule has 0 unspecified atom stereocenters. The number of hydrogen-bond donors (Lipinski definition) is 1. The monoisotopic (exact) mass is 366 g/mol. The lowest BCUT2D eigenvalue weighted by Gasteiger charge is -2.08. The fourth-order valence-electron chi connectivity index (χ4n) is 2.67. The zero-order valence-electron chi connectivity index (χ0n) is 14.6.